The summed E-state index contributed by atoms with van der Waals surface area (Å²) in [4.78, 5) is 1.53. The Hall–Kier alpha value is -0.690. The zero-order valence-electron chi connectivity index (χ0n) is 12.4. The van der Waals surface area contributed by atoms with Crippen LogP contribution in [0.4, 0.5) is 0 Å². The molecular formula is C18H26S. The molecule has 1 aromatic rings. The maximum Gasteiger partial charge on any atom is 0.0112 e. The molecule has 0 aliphatic carbocycles. The van der Waals surface area contributed by atoms with Gasteiger partial charge in [0.05, 0.1) is 0 Å². The molecule has 0 nitrogen and oxygen atoms in total. The summed E-state index contributed by atoms with van der Waals surface area (Å²) in [6.07, 6.45) is 9.63. The van der Waals surface area contributed by atoms with Crippen LogP contribution in [0.3, 0.4) is 0 Å². The van der Waals surface area contributed by atoms with Crippen LogP contribution in [-0.4, -0.2) is 5.75 Å². The van der Waals surface area contributed by atoms with Gasteiger partial charge in [-0.25, -0.2) is 0 Å². The van der Waals surface area contributed by atoms with Crippen molar-refractivity contribution in [2.45, 2.75) is 62.7 Å². The molecule has 2 rings (SSSR count). The van der Waals surface area contributed by atoms with Crippen molar-refractivity contribution < 1.29 is 0 Å². The first-order valence-electron chi connectivity index (χ1n) is 7.50. The quantitative estimate of drug-likeness (QED) is 0.470. The fraction of sp³-hybridized carbons (Fsp3) is 0.556. The van der Waals surface area contributed by atoms with Gasteiger partial charge in [0.15, 0.2) is 0 Å². The smallest absolute Gasteiger partial charge is 0.0112 e. The van der Waals surface area contributed by atoms with Crippen LogP contribution in [0.5, 0.6) is 0 Å². The summed E-state index contributed by atoms with van der Waals surface area (Å²) >= 11 is 2.04. The molecule has 0 bridgehead atoms. The van der Waals surface area contributed by atoms with E-state index in [2.05, 4.69) is 38.6 Å². The minimum atomic E-state index is 0.364. The second kappa shape index (κ2) is 6.65. The van der Waals surface area contributed by atoms with E-state index in [0.29, 0.717) is 5.41 Å². The lowest BCUT2D eigenvalue weighted by Gasteiger charge is -2.32. The normalized spacial score (nSPS) is 16.9. The monoisotopic (exact) mass is 274 g/mol. The van der Waals surface area contributed by atoms with Gasteiger partial charge in [0, 0.05) is 4.90 Å². The minimum Gasteiger partial charge on any atom is -0.126 e. The molecule has 0 atom stereocenters. The summed E-state index contributed by atoms with van der Waals surface area (Å²) in [5, 5.41) is 0. The van der Waals surface area contributed by atoms with E-state index in [1.165, 1.54) is 48.3 Å². The van der Waals surface area contributed by atoms with Gasteiger partial charge in [-0.3, -0.25) is 0 Å². The third kappa shape index (κ3) is 3.89. The highest BCUT2D eigenvalue weighted by molar-refractivity contribution is 7.99. The van der Waals surface area contributed by atoms with Crippen molar-refractivity contribution in [3.05, 3.63) is 42.0 Å². The average Bonchev–Trinajstić information content (AvgIpc) is 2.38. The predicted molar refractivity (Wildman–Crippen MR) is 87.2 cm³/mol. The number of unbranched alkanes of at least 4 members (excludes halogenated alkanes) is 3. The first-order chi connectivity index (χ1) is 9.13. The number of allylic oxidation sites excluding steroid dienone is 1. The van der Waals surface area contributed by atoms with Gasteiger partial charge in [-0.05, 0) is 60.5 Å². The lowest BCUT2D eigenvalue weighted by atomic mass is 9.81. The van der Waals surface area contributed by atoms with Crippen molar-refractivity contribution in [2.24, 2.45) is 0 Å². The standard InChI is InChI=1S/C18H26S/c1-4-5-6-7-8-9-15-10-11-16-17(14-15)19-13-12-18(16,2)3/h4,10-11,14H,1,5-9,12-13H2,2-3H3. The van der Waals surface area contributed by atoms with Gasteiger partial charge in [0.1, 0.15) is 0 Å². The molecule has 0 saturated heterocycles. The molecule has 104 valence electrons. The Kier molecular flexibility index (Phi) is 5.15. The summed E-state index contributed by atoms with van der Waals surface area (Å²) in [7, 11) is 0. The Balaban J connectivity index is 1.95. The molecule has 0 radical (unpaired) electrons. The maximum atomic E-state index is 3.78. The Morgan fingerprint density at radius 3 is 2.89 bits per heavy atom. The van der Waals surface area contributed by atoms with E-state index in [1.807, 2.05) is 17.8 Å². The van der Waals surface area contributed by atoms with E-state index in [-0.39, 0.29) is 0 Å². The molecule has 19 heavy (non-hydrogen) atoms. The number of thioether (sulfide) groups is 1. The molecule has 0 spiro atoms. The van der Waals surface area contributed by atoms with Crippen LogP contribution >= 0.6 is 11.8 Å². The molecule has 1 aliphatic heterocycles. The highest BCUT2D eigenvalue weighted by Crippen LogP contribution is 2.41. The third-order valence-electron chi connectivity index (χ3n) is 4.13. The lowest BCUT2D eigenvalue weighted by molar-refractivity contribution is 0.493. The van der Waals surface area contributed by atoms with E-state index in [1.54, 1.807) is 5.56 Å². The zero-order valence-corrected chi connectivity index (χ0v) is 13.2. The Labute approximate surface area is 122 Å². The van der Waals surface area contributed by atoms with Crippen LogP contribution < -0.4 is 0 Å². The number of aryl methyl sites for hydroxylation is 1. The molecular weight excluding hydrogens is 248 g/mol. The second-order valence-corrected chi connectivity index (χ2v) is 7.34. The van der Waals surface area contributed by atoms with Crippen LogP contribution in [0.25, 0.3) is 0 Å². The van der Waals surface area contributed by atoms with Gasteiger partial charge < -0.3 is 0 Å². The first kappa shape index (κ1) is 14.7. The number of hydrogen-bond donors (Lipinski definition) is 0. The molecule has 0 N–H and O–H groups in total. The zero-order chi connectivity index (χ0) is 13.7. The van der Waals surface area contributed by atoms with Crippen molar-refractivity contribution in [2.75, 3.05) is 5.75 Å². The molecule has 1 heterocycles. The highest BCUT2D eigenvalue weighted by atomic mass is 32.2. The van der Waals surface area contributed by atoms with Crippen molar-refractivity contribution in [1.82, 2.24) is 0 Å². The molecule has 0 fully saturated rings. The van der Waals surface area contributed by atoms with E-state index in [0.717, 1.165) is 6.42 Å². The highest BCUT2D eigenvalue weighted by Gasteiger charge is 2.27. The second-order valence-electron chi connectivity index (χ2n) is 6.20. The maximum absolute atomic E-state index is 3.78. The van der Waals surface area contributed by atoms with Crippen LogP contribution in [0.1, 0.15) is 57.1 Å². The van der Waals surface area contributed by atoms with Gasteiger partial charge >= 0.3 is 0 Å². The molecule has 0 aromatic heterocycles. The molecule has 1 aliphatic rings. The summed E-state index contributed by atoms with van der Waals surface area (Å²) in [5.41, 5.74) is 3.44. The SMILES string of the molecule is C=CCCCCCc1ccc2c(c1)SCCC2(C)C. The van der Waals surface area contributed by atoms with Crippen LogP contribution in [0, 0.1) is 0 Å². The Morgan fingerprint density at radius 2 is 2.11 bits per heavy atom. The number of benzene rings is 1. The van der Waals surface area contributed by atoms with Crippen molar-refractivity contribution in [3.8, 4) is 0 Å². The third-order valence-corrected chi connectivity index (χ3v) is 5.19. The summed E-state index contributed by atoms with van der Waals surface area (Å²) in [6, 6.07) is 7.16. The molecule has 0 unspecified atom stereocenters. The summed E-state index contributed by atoms with van der Waals surface area (Å²) in [6.45, 7) is 8.53. The largest absolute Gasteiger partial charge is 0.126 e. The number of rotatable bonds is 6. The molecule has 1 aromatic carbocycles. The van der Waals surface area contributed by atoms with Crippen molar-refractivity contribution in [3.63, 3.8) is 0 Å². The van der Waals surface area contributed by atoms with Crippen molar-refractivity contribution >= 4 is 11.8 Å². The van der Waals surface area contributed by atoms with Gasteiger partial charge in [0.2, 0.25) is 0 Å². The van der Waals surface area contributed by atoms with Crippen LogP contribution in [0.15, 0.2) is 35.7 Å². The summed E-state index contributed by atoms with van der Waals surface area (Å²) < 4.78 is 0. The predicted octanol–water partition coefficient (Wildman–Crippen LogP) is 5.75. The van der Waals surface area contributed by atoms with E-state index in [9.17, 15) is 0 Å². The number of fused-ring (bicyclic) bond motifs is 1. The molecule has 1 heteroatoms. The van der Waals surface area contributed by atoms with Gasteiger partial charge in [0.25, 0.3) is 0 Å². The van der Waals surface area contributed by atoms with Crippen LogP contribution in [-0.2, 0) is 11.8 Å². The van der Waals surface area contributed by atoms with Crippen molar-refractivity contribution in [1.29, 1.82) is 0 Å². The lowest BCUT2D eigenvalue weighted by Crippen LogP contribution is -2.22. The Morgan fingerprint density at radius 1 is 1.26 bits per heavy atom. The van der Waals surface area contributed by atoms with Gasteiger partial charge in [-0.15, -0.1) is 18.3 Å². The minimum absolute atomic E-state index is 0.364. The van der Waals surface area contributed by atoms with E-state index in [4.69, 9.17) is 0 Å². The van der Waals surface area contributed by atoms with E-state index < -0.39 is 0 Å². The Bertz CT molecular complexity index is 431. The van der Waals surface area contributed by atoms with Gasteiger partial charge in [-0.1, -0.05) is 38.5 Å². The molecule has 0 saturated carbocycles. The number of hydrogen-bond acceptors (Lipinski definition) is 1. The summed E-state index contributed by atoms with van der Waals surface area (Å²) in [5.74, 6) is 1.27. The first-order valence-corrected chi connectivity index (χ1v) is 8.49. The van der Waals surface area contributed by atoms with Crippen LogP contribution in [0.2, 0.25) is 0 Å². The molecule has 0 amide bonds. The fourth-order valence-electron chi connectivity index (χ4n) is 2.75. The fourth-order valence-corrected chi connectivity index (χ4v) is 4.31. The van der Waals surface area contributed by atoms with E-state index >= 15 is 0 Å². The topological polar surface area (TPSA) is 0 Å². The van der Waals surface area contributed by atoms with Gasteiger partial charge in [-0.2, -0.15) is 0 Å². The average molecular weight is 274 g/mol.